The van der Waals surface area contributed by atoms with Crippen molar-refractivity contribution in [2.75, 3.05) is 45.9 Å². The molecule has 4 nitrogen and oxygen atoms in total. The first-order valence-electron chi connectivity index (χ1n) is 7.09. The third-order valence-electron chi connectivity index (χ3n) is 3.30. The maximum Gasteiger partial charge on any atom is 0.0829 e. The Hall–Kier alpha value is -0.630. The molecule has 0 aromatic carbocycles. The molecule has 1 aliphatic heterocycles. The number of nitrogens with zero attached hydrogens (tertiary/aromatic N) is 3. The minimum Gasteiger partial charge on any atom is -0.374 e. The second kappa shape index (κ2) is 8.47. The summed E-state index contributed by atoms with van der Waals surface area (Å²) in [6.07, 6.45) is 0.910. The Morgan fingerprint density at radius 2 is 2.28 bits per heavy atom. The number of rotatable bonds is 7. The van der Waals surface area contributed by atoms with Gasteiger partial charge in [-0.15, -0.1) is 0 Å². The van der Waals surface area contributed by atoms with Crippen LogP contribution in [0.15, 0.2) is 0 Å². The van der Waals surface area contributed by atoms with E-state index in [2.05, 4.69) is 36.6 Å². The van der Waals surface area contributed by atoms with E-state index in [1.165, 1.54) is 0 Å². The van der Waals surface area contributed by atoms with E-state index in [0.29, 0.717) is 18.4 Å². The molecule has 0 aliphatic carbocycles. The van der Waals surface area contributed by atoms with Gasteiger partial charge in [0.15, 0.2) is 0 Å². The molecule has 1 heterocycles. The van der Waals surface area contributed by atoms with E-state index in [4.69, 9.17) is 10.00 Å². The van der Waals surface area contributed by atoms with Gasteiger partial charge in [-0.3, -0.25) is 9.80 Å². The zero-order chi connectivity index (χ0) is 13.4. The predicted molar refractivity (Wildman–Crippen MR) is 73.4 cm³/mol. The average Bonchev–Trinajstić information content (AvgIpc) is 2.35. The molecule has 0 N–H and O–H groups in total. The monoisotopic (exact) mass is 253 g/mol. The van der Waals surface area contributed by atoms with E-state index in [0.717, 1.165) is 45.9 Å². The summed E-state index contributed by atoms with van der Waals surface area (Å²) < 4.78 is 5.84. The standard InChI is InChI=1S/C14H27N3O/c1-4-16-8-9-18-14(11-16)12-17(7-5-6-15)10-13(2)3/h13-14H,4-5,7-12H2,1-3H3. The van der Waals surface area contributed by atoms with Crippen LogP contribution in [0.1, 0.15) is 27.2 Å². The molecule has 18 heavy (non-hydrogen) atoms. The molecule has 1 aliphatic rings. The Balaban J connectivity index is 2.40. The van der Waals surface area contributed by atoms with Gasteiger partial charge in [-0.05, 0) is 12.5 Å². The van der Waals surface area contributed by atoms with E-state index in [1.807, 2.05) is 0 Å². The summed E-state index contributed by atoms with van der Waals surface area (Å²) in [5.74, 6) is 0.634. The summed E-state index contributed by atoms with van der Waals surface area (Å²) in [7, 11) is 0. The van der Waals surface area contributed by atoms with Gasteiger partial charge in [0.05, 0.1) is 18.8 Å². The largest absolute Gasteiger partial charge is 0.374 e. The third-order valence-corrected chi connectivity index (χ3v) is 3.30. The molecule has 104 valence electrons. The number of morpholine rings is 1. The molecular formula is C14H27N3O. The van der Waals surface area contributed by atoms with Crippen LogP contribution in [-0.2, 0) is 4.74 Å². The quantitative estimate of drug-likeness (QED) is 0.690. The summed E-state index contributed by atoms with van der Waals surface area (Å²) in [6.45, 7) is 13.5. The normalized spacial score (nSPS) is 21.4. The van der Waals surface area contributed by atoms with Crippen LogP contribution in [0.4, 0.5) is 0 Å². The Labute approximate surface area is 112 Å². The van der Waals surface area contributed by atoms with Gasteiger partial charge in [-0.2, -0.15) is 5.26 Å². The van der Waals surface area contributed by atoms with Crippen molar-refractivity contribution in [1.29, 1.82) is 5.26 Å². The molecule has 0 spiro atoms. The van der Waals surface area contributed by atoms with Gasteiger partial charge in [0.1, 0.15) is 0 Å². The Morgan fingerprint density at radius 3 is 2.89 bits per heavy atom. The van der Waals surface area contributed by atoms with Crippen LogP contribution >= 0.6 is 0 Å². The molecule has 0 aromatic heterocycles. The molecule has 4 heteroatoms. The molecule has 0 radical (unpaired) electrons. The summed E-state index contributed by atoms with van der Waals surface area (Å²) in [4.78, 5) is 4.81. The maximum atomic E-state index is 8.72. The zero-order valence-electron chi connectivity index (χ0n) is 12.1. The van der Waals surface area contributed by atoms with Crippen molar-refractivity contribution in [3.63, 3.8) is 0 Å². The molecule has 1 saturated heterocycles. The fraction of sp³-hybridized carbons (Fsp3) is 0.929. The van der Waals surface area contributed by atoms with Crippen molar-refractivity contribution >= 4 is 0 Å². The highest BCUT2D eigenvalue weighted by molar-refractivity contribution is 4.78. The van der Waals surface area contributed by atoms with Crippen molar-refractivity contribution in [1.82, 2.24) is 9.80 Å². The lowest BCUT2D eigenvalue weighted by Crippen LogP contribution is -2.48. The highest BCUT2D eigenvalue weighted by atomic mass is 16.5. The number of ether oxygens (including phenoxy) is 1. The first-order valence-corrected chi connectivity index (χ1v) is 7.09. The second-order valence-electron chi connectivity index (χ2n) is 5.45. The smallest absolute Gasteiger partial charge is 0.0829 e. The number of likely N-dealkylation sites (N-methyl/N-ethyl adjacent to an activating group) is 1. The van der Waals surface area contributed by atoms with Crippen LogP contribution < -0.4 is 0 Å². The topological polar surface area (TPSA) is 39.5 Å². The van der Waals surface area contributed by atoms with Gasteiger partial charge < -0.3 is 4.74 Å². The zero-order valence-corrected chi connectivity index (χ0v) is 12.1. The van der Waals surface area contributed by atoms with Crippen LogP contribution in [0.3, 0.4) is 0 Å². The first kappa shape index (κ1) is 15.4. The van der Waals surface area contributed by atoms with E-state index < -0.39 is 0 Å². The number of hydrogen-bond donors (Lipinski definition) is 0. The first-order chi connectivity index (χ1) is 8.65. The lowest BCUT2D eigenvalue weighted by atomic mass is 10.1. The van der Waals surface area contributed by atoms with Crippen molar-refractivity contribution < 1.29 is 4.74 Å². The highest BCUT2D eigenvalue weighted by Gasteiger charge is 2.21. The lowest BCUT2D eigenvalue weighted by molar-refractivity contribution is -0.0426. The van der Waals surface area contributed by atoms with Gasteiger partial charge in [-0.1, -0.05) is 20.8 Å². The van der Waals surface area contributed by atoms with Crippen LogP contribution in [0.25, 0.3) is 0 Å². The lowest BCUT2D eigenvalue weighted by Gasteiger charge is -2.35. The molecule has 1 rings (SSSR count). The van der Waals surface area contributed by atoms with E-state index >= 15 is 0 Å². The maximum absolute atomic E-state index is 8.72. The Kier molecular flexibility index (Phi) is 7.26. The molecule has 0 saturated carbocycles. The Morgan fingerprint density at radius 1 is 1.50 bits per heavy atom. The molecule has 1 atom stereocenters. The summed E-state index contributed by atoms with van der Waals surface area (Å²) in [6, 6.07) is 2.24. The molecule has 1 unspecified atom stereocenters. The van der Waals surface area contributed by atoms with Crippen molar-refractivity contribution in [2.45, 2.75) is 33.3 Å². The molecular weight excluding hydrogens is 226 g/mol. The fourth-order valence-corrected chi connectivity index (χ4v) is 2.45. The predicted octanol–water partition coefficient (Wildman–Crippen LogP) is 1.58. The van der Waals surface area contributed by atoms with Gasteiger partial charge in [0.25, 0.3) is 0 Å². The van der Waals surface area contributed by atoms with Crippen LogP contribution in [0, 0.1) is 17.2 Å². The van der Waals surface area contributed by atoms with Gasteiger partial charge in [0.2, 0.25) is 0 Å². The second-order valence-corrected chi connectivity index (χ2v) is 5.45. The molecule has 0 bridgehead atoms. The van der Waals surface area contributed by atoms with Crippen molar-refractivity contribution in [2.24, 2.45) is 5.92 Å². The molecule has 1 fully saturated rings. The number of hydrogen-bond acceptors (Lipinski definition) is 4. The number of nitriles is 1. The third kappa shape index (κ3) is 5.81. The van der Waals surface area contributed by atoms with Gasteiger partial charge >= 0.3 is 0 Å². The van der Waals surface area contributed by atoms with Crippen LogP contribution in [0.5, 0.6) is 0 Å². The van der Waals surface area contributed by atoms with Crippen molar-refractivity contribution in [3.05, 3.63) is 0 Å². The van der Waals surface area contributed by atoms with E-state index in [-0.39, 0.29) is 0 Å². The van der Waals surface area contributed by atoms with Crippen molar-refractivity contribution in [3.8, 4) is 6.07 Å². The highest BCUT2D eigenvalue weighted by Crippen LogP contribution is 2.09. The minimum atomic E-state index is 0.302. The van der Waals surface area contributed by atoms with E-state index in [9.17, 15) is 0 Å². The summed E-state index contributed by atoms with van der Waals surface area (Å²) >= 11 is 0. The molecule has 0 amide bonds. The van der Waals surface area contributed by atoms with Crippen LogP contribution in [0.2, 0.25) is 0 Å². The molecule has 0 aromatic rings. The van der Waals surface area contributed by atoms with E-state index in [1.54, 1.807) is 0 Å². The van der Waals surface area contributed by atoms with Gasteiger partial charge in [0, 0.05) is 39.1 Å². The summed E-state index contributed by atoms with van der Waals surface area (Å²) in [5.41, 5.74) is 0. The SMILES string of the molecule is CCN1CCOC(CN(CCC#N)CC(C)C)C1. The van der Waals surface area contributed by atoms with Crippen LogP contribution in [-0.4, -0.2) is 61.8 Å². The Bertz CT molecular complexity index is 262. The minimum absolute atomic E-state index is 0.302. The summed E-state index contributed by atoms with van der Waals surface area (Å²) in [5, 5.41) is 8.72. The fourth-order valence-electron chi connectivity index (χ4n) is 2.45. The average molecular weight is 253 g/mol. The van der Waals surface area contributed by atoms with Gasteiger partial charge in [-0.25, -0.2) is 0 Å².